The summed E-state index contributed by atoms with van der Waals surface area (Å²) in [5, 5.41) is 0.669. The predicted molar refractivity (Wildman–Crippen MR) is 88.0 cm³/mol. The van der Waals surface area contributed by atoms with E-state index in [1.807, 2.05) is 18.2 Å². The highest BCUT2D eigenvalue weighted by atomic mass is 35.5. The zero-order valence-electron chi connectivity index (χ0n) is 13.0. The van der Waals surface area contributed by atoms with E-state index in [9.17, 15) is 4.79 Å². The second-order valence-electron chi connectivity index (χ2n) is 6.15. The highest BCUT2D eigenvalue weighted by molar-refractivity contribution is 6.33. The second-order valence-corrected chi connectivity index (χ2v) is 6.55. The molecule has 0 aromatic heterocycles. The monoisotopic (exact) mass is 295 g/mol. The fourth-order valence-electron chi connectivity index (χ4n) is 2.12. The van der Waals surface area contributed by atoms with Gasteiger partial charge in [-0.2, -0.15) is 0 Å². The Hall–Kier alpha value is -1.02. The summed E-state index contributed by atoms with van der Waals surface area (Å²) in [6.45, 7) is 10.7. The Bertz CT molecular complexity index is 417. The number of nitrogens with zero attached hydrogens (tertiary/aromatic N) is 1. The molecular weight excluding hydrogens is 270 g/mol. The minimum atomic E-state index is 0.638. The molecule has 1 aromatic rings. The minimum Gasteiger partial charge on any atom is -0.370 e. The van der Waals surface area contributed by atoms with E-state index in [-0.39, 0.29) is 0 Å². The van der Waals surface area contributed by atoms with Crippen LogP contribution in [0.2, 0.25) is 5.02 Å². The van der Waals surface area contributed by atoms with Crippen molar-refractivity contribution in [3.63, 3.8) is 0 Å². The van der Waals surface area contributed by atoms with E-state index < -0.39 is 0 Å². The molecule has 0 saturated heterocycles. The fraction of sp³-hybridized carbons (Fsp3) is 0.588. The Morgan fingerprint density at radius 3 is 2.10 bits per heavy atom. The summed E-state index contributed by atoms with van der Waals surface area (Å²) >= 11 is 6.33. The number of hydrogen-bond donors (Lipinski definition) is 0. The number of anilines is 1. The van der Waals surface area contributed by atoms with Crippen molar-refractivity contribution in [2.24, 2.45) is 11.8 Å². The Kier molecular flexibility index (Phi) is 7.08. The van der Waals surface area contributed by atoms with Crippen LogP contribution in [-0.4, -0.2) is 19.4 Å². The van der Waals surface area contributed by atoms with Crippen molar-refractivity contribution < 1.29 is 4.79 Å². The molecule has 20 heavy (non-hydrogen) atoms. The third-order valence-corrected chi connectivity index (χ3v) is 3.72. The van der Waals surface area contributed by atoms with E-state index in [0.717, 1.165) is 37.9 Å². The molecule has 0 spiro atoms. The number of carbonyl (C=O) groups is 1. The Balaban J connectivity index is 2.98. The molecule has 1 rings (SSSR count). The van der Waals surface area contributed by atoms with E-state index in [0.29, 0.717) is 22.4 Å². The topological polar surface area (TPSA) is 20.3 Å². The van der Waals surface area contributed by atoms with Crippen LogP contribution in [0, 0.1) is 11.8 Å². The highest BCUT2D eigenvalue weighted by Gasteiger charge is 2.15. The number of aldehydes is 1. The summed E-state index contributed by atoms with van der Waals surface area (Å²) in [6, 6.07) is 5.53. The second kappa shape index (κ2) is 8.31. The van der Waals surface area contributed by atoms with Crippen molar-refractivity contribution in [3.05, 3.63) is 28.8 Å². The molecule has 0 unspecified atom stereocenters. The molecule has 0 atom stereocenters. The van der Waals surface area contributed by atoms with Crippen molar-refractivity contribution in [2.45, 2.75) is 40.5 Å². The molecule has 0 fully saturated rings. The lowest BCUT2D eigenvalue weighted by molar-refractivity contribution is 0.112. The molecule has 0 N–H and O–H groups in total. The number of hydrogen-bond acceptors (Lipinski definition) is 2. The first-order valence-corrected chi connectivity index (χ1v) is 7.82. The summed E-state index contributed by atoms with van der Waals surface area (Å²) in [7, 11) is 0. The van der Waals surface area contributed by atoms with Crippen LogP contribution in [0.5, 0.6) is 0 Å². The standard InChI is InChI=1S/C17H26ClNO/c1-13(2)8-10-19(11-9-14(3)4)17-15(12-20)6-5-7-16(17)18/h5-7,12-14H,8-11H2,1-4H3. The molecule has 0 amide bonds. The van der Waals surface area contributed by atoms with Crippen molar-refractivity contribution in [1.82, 2.24) is 0 Å². The van der Waals surface area contributed by atoms with Gasteiger partial charge in [0.05, 0.1) is 10.7 Å². The third-order valence-electron chi connectivity index (χ3n) is 3.41. The first kappa shape index (κ1) is 17.0. The molecule has 2 nitrogen and oxygen atoms in total. The van der Waals surface area contributed by atoms with Gasteiger partial charge in [-0.05, 0) is 36.8 Å². The summed E-state index contributed by atoms with van der Waals surface area (Å²) < 4.78 is 0. The van der Waals surface area contributed by atoms with E-state index >= 15 is 0 Å². The van der Waals surface area contributed by atoms with Crippen LogP contribution in [0.25, 0.3) is 0 Å². The Labute approximate surface area is 128 Å². The molecule has 3 heteroatoms. The summed E-state index contributed by atoms with van der Waals surface area (Å²) in [5.74, 6) is 1.28. The maximum absolute atomic E-state index is 11.3. The first-order valence-electron chi connectivity index (χ1n) is 7.44. The van der Waals surface area contributed by atoms with Crippen LogP contribution >= 0.6 is 11.6 Å². The molecule has 0 saturated carbocycles. The summed E-state index contributed by atoms with van der Waals surface area (Å²) in [4.78, 5) is 13.5. The molecule has 0 bridgehead atoms. The molecule has 0 aliphatic heterocycles. The normalized spacial score (nSPS) is 11.2. The van der Waals surface area contributed by atoms with Gasteiger partial charge >= 0.3 is 0 Å². The van der Waals surface area contributed by atoms with Gasteiger partial charge in [0.25, 0.3) is 0 Å². The Morgan fingerprint density at radius 2 is 1.65 bits per heavy atom. The smallest absolute Gasteiger partial charge is 0.152 e. The van der Waals surface area contributed by atoms with Gasteiger partial charge in [-0.25, -0.2) is 0 Å². The number of benzene rings is 1. The van der Waals surface area contributed by atoms with Gasteiger partial charge in [0.2, 0.25) is 0 Å². The molecular formula is C17H26ClNO. The lowest BCUT2D eigenvalue weighted by Gasteiger charge is -2.28. The van der Waals surface area contributed by atoms with Crippen molar-refractivity contribution in [2.75, 3.05) is 18.0 Å². The lowest BCUT2D eigenvalue weighted by Crippen LogP contribution is -2.28. The zero-order chi connectivity index (χ0) is 15.1. The van der Waals surface area contributed by atoms with E-state index in [4.69, 9.17) is 11.6 Å². The highest BCUT2D eigenvalue weighted by Crippen LogP contribution is 2.30. The van der Waals surface area contributed by atoms with Gasteiger partial charge in [0.15, 0.2) is 6.29 Å². The predicted octanol–water partition coefficient (Wildman–Crippen LogP) is 5.05. The van der Waals surface area contributed by atoms with Gasteiger partial charge in [-0.15, -0.1) is 0 Å². The van der Waals surface area contributed by atoms with Gasteiger partial charge in [-0.3, -0.25) is 4.79 Å². The molecule has 1 aromatic carbocycles. The van der Waals surface area contributed by atoms with Gasteiger partial charge in [0.1, 0.15) is 0 Å². The zero-order valence-corrected chi connectivity index (χ0v) is 13.8. The largest absolute Gasteiger partial charge is 0.370 e. The molecule has 0 aliphatic rings. The number of rotatable bonds is 8. The molecule has 0 heterocycles. The van der Waals surface area contributed by atoms with Gasteiger partial charge in [-0.1, -0.05) is 45.4 Å². The Morgan fingerprint density at radius 1 is 1.10 bits per heavy atom. The van der Waals surface area contributed by atoms with Crippen molar-refractivity contribution in [1.29, 1.82) is 0 Å². The average Bonchev–Trinajstić information content (AvgIpc) is 2.39. The van der Waals surface area contributed by atoms with Gasteiger partial charge < -0.3 is 4.90 Å². The molecule has 112 valence electrons. The fourth-order valence-corrected chi connectivity index (χ4v) is 2.43. The molecule has 0 radical (unpaired) electrons. The van der Waals surface area contributed by atoms with Crippen LogP contribution in [0.1, 0.15) is 50.9 Å². The lowest BCUT2D eigenvalue weighted by atomic mass is 10.1. The first-order chi connectivity index (χ1) is 9.45. The number of carbonyl (C=O) groups excluding carboxylic acids is 1. The summed E-state index contributed by atoms with van der Waals surface area (Å²) in [5.41, 5.74) is 1.58. The van der Waals surface area contributed by atoms with Crippen LogP contribution in [0.3, 0.4) is 0 Å². The van der Waals surface area contributed by atoms with E-state index in [2.05, 4.69) is 32.6 Å². The quantitative estimate of drug-likeness (QED) is 0.625. The van der Waals surface area contributed by atoms with Crippen molar-refractivity contribution in [3.8, 4) is 0 Å². The third kappa shape index (κ3) is 5.16. The number of para-hydroxylation sites is 1. The minimum absolute atomic E-state index is 0.638. The summed E-state index contributed by atoms with van der Waals surface area (Å²) in [6.07, 6.45) is 3.10. The van der Waals surface area contributed by atoms with E-state index in [1.54, 1.807) is 0 Å². The maximum atomic E-state index is 11.3. The SMILES string of the molecule is CC(C)CCN(CCC(C)C)c1c(Cl)cccc1C=O. The van der Waals surface area contributed by atoms with E-state index in [1.165, 1.54) is 0 Å². The van der Waals surface area contributed by atoms with Crippen molar-refractivity contribution >= 4 is 23.6 Å². The average molecular weight is 296 g/mol. The van der Waals surface area contributed by atoms with Crippen LogP contribution in [0.4, 0.5) is 5.69 Å². The van der Waals surface area contributed by atoms with Crippen LogP contribution in [-0.2, 0) is 0 Å². The van der Waals surface area contributed by atoms with Crippen LogP contribution in [0.15, 0.2) is 18.2 Å². The molecule has 0 aliphatic carbocycles. The maximum Gasteiger partial charge on any atom is 0.152 e. The number of halogens is 1. The van der Waals surface area contributed by atoms with Crippen LogP contribution < -0.4 is 4.90 Å². The van der Waals surface area contributed by atoms with Gasteiger partial charge in [0, 0.05) is 18.7 Å².